The highest BCUT2D eigenvalue weighted by atomic mass is 16.2. The first-order chi connectivity index (χ1) is 13.3. The number of aromatic nitrogens is 2. The van der Waals surface area contributed by atoms with E-state index in [1.54, 1.807) is 15.8 Å². The molecule has 2 heterocycles. The summed E-state index contributed by atoms with van der Waals surface area (Å²) in [6.07, 6.45) is 3.58. The van der Waals surface area contributed by atoms with Crippen LogP contribution in [-0.4, -0.2) is 63.6 Å². The van der Waals surface area contributed by atoms with Crippen LogP contribution < -0.4 is 5.32 Å². The highest BCUT2D eigenvalue weighted by molar-refractivity contribution is 5.82. The Bertz CT molecular complexity index is 847. The lowest BCUT2D eigenvalue weighted by Gasteiger charge is -2.44. The second-order valence-electron chi connectivity index (χ2n) is 7.73. The third-order valence-electron chi connectivity index (χ3n) is 5.24. The van der Waals surface area contributed by atoms with Gasteiger partial charge < -0.3 is 10.2 Å². The van der Waals surface area contributed by atoms with Crippen LogP contribution in [0.3, 0.4) is 0 Å². The Hall–Kier alpha value is -2.67. The van der Waals surface area contributed by atoms with Gasteiger partial charge in [-0.05, 0) is 31.9 Å². The van der Waals surface area contributed by atoms with E-state index in [2.05, 4.69) is 40.4 Å². The molecule has 0 saturated carbocycles. The number of hydrogen-bond donors (Lipinski definition) is 1. The molecule has 0 radical (unpaired) electrons. The van der Waals surface area contributed by atoms with E-state index in [0.29, 0.717) is 19.6 Å². The van der Waals surface area contributed by atoms with Gasteiger partial charge in [-0.15, -0.1) is 0 Å². The Morgan fingerprint density at radius 1 is 1.29 bits per heavy atom. The smallest absolute Gasteiger partial charge is 0.241 e. The van der Waals surface area contributed by atoms with Gasteiger partial charge in [0.15, 0.2) is 0 Å². The number of nitrogens with zero attached hydrogens (tertiary/aromatic N) is 4. The van der Waals surface area contributed by atoms with Crippen molar-refractivity contribution in [1.82, 2.24) is 24.9 Å². The summed E-state index contributed by atoms with van der Waals surface area (Å²) in [5, 5.41) is 7.17. The molecule has 150 valence electrons. The van der Waals surface area contributed by atoms with Crippen molar-refractivity contribution in [3.05, 3.63) is 53.3 Å². The first-order valence-corrected chi connectivity index (χ1v) is 9.65. The molecule has 7 nitrogen and oxygen atoms in total. The molecule has 0 spiro atoms. The summed E-state index contributed by atoms with van der Waals surface area (Å²) in [4.78, 5) is 28.8. The predicted octanol–water partition coefficient (Wildman–Crippen LogP) is 1.35. The van der Waals surface area contributed by atoms with Crippen molar-refractivity contribution in [1.29, 1.82) is 0 Å². The molecule has 2 amide bonds. The van der Waals surface area contributed by atoms with Gasteiger partial charge in [0.2, 0.25) is 11.8 Å². The van der Waals surface area contributed by atoms with E-state index in [1.807, 2.05) is 33.2 Å². The van der Waals surface area contributed by atoms with Gasteiger partial charge in [0.1, 0.15) is 6.54 Å². The highest BCUT2D eigenvalue weighted by Gasteiger charge is 2.36. The number of hydrogen-bond acceptors (Lipinski definition) is 4. The second kappa shape index (κ2) is 8.56. The van der Waals surface area contributed by atoms with Crippen molar-refractivity contribution in [3.63, 3.8) is 0 Å². The van der Waals surface area contributed by atoms with Gasteiger partial charge in [-0.3, -0.25) is 19.2 Å². The third kappa shape index (κ3) is 4.78. The summed E-state index contributed by atoms with van der Waals surface area (Å²) >= 11 is 0. The zero-order valence-corrected chi connectivity index (χ0v) is 17.1. The van der Waals surface area contributed by atoms with Crippen LogP contribution in [0.2, 0.25) is 0 Å². The van der Waals surface area contributed by atoms with Crippen molar-refractivity contribution in [3.8, 4) is 0 Å². The quantitative estimate of drug-likeness (QED) is 0.817. The van der Waals surface area contributed by atoms with Gasteiger partial charge in [-0.2, -0.15) is 5.10 Å². The molecule has 2 unspecified atom stereocenters. The Balaban J connectivity index is 1.66. The molecule has 28 heavy (non-hydrogen) atoms. The van der Waals surface area contributed by atoms with Crippen LogP contribution in [0.25, 0.3) is 0 Å². The Morgan fingerprint density at radius 2 is 2.07 bits per heavy atom. The monoisotopic (exact) mass is 383 g/mol. The molecule has 1 aromatic heterocycles. The van der Waals surface area contributed by atoms with Crippen molar-refractivity contribution >= 4 is 11.8 Å². The fourth-order valence-electron chi connectivity index (χ4n) is 3.75. The van der Waals surface area contributed by atoms with Crippen LogP contribution in [0.4, 0.5) is 0 Å². The normalized spacial score (nSPS) is 20.4. The number of aryl methyl sites for hydroxylation is 2. The maximum absolute atomic E-state index is 12.5. The number of amides is 2. The van der Waals surface area contributed by atoms with Crippen LogP contribution in [0.5, 0.6) is 0 Å². The molecule has 2 atom stereocenters. The Labute approximate surface area is 166 Å². The van der Waals surface area contributed by atoms with Crippen LogP contribution in [0.15, 0.2) is 36.7 Å². The van der Waals surface area contributed by atoms with Crippen LogP contribution in [-0.2, 0) is 22.7 Å². The largest absolute Gasteiger partial charge is 0.353 e. The maximum Gasteiger partial charge on any atom is 0.241 e. The molecule has 7 heteroatoms. The minimum Gasteiger partial charge on any atom is -0.353 e. The SMILES string of the molecule is Cc1cccc(CN2C(CNC(=O)Cn3cc(C)cn3)CN(C)C(=O)C2C)c1. The lowest BCUT2D eigenvalue weighted by Crippen LogP contribution is -2.62. The summed E-state index contributed by atoms with van der Waals surface area (Å²) in [5.74, 6) is 0.0352. The summed E-state index contributed by atoms with van der Waals surface area (Å²) < 4.78 is 1.63. The van der Waals surface area contributed by atoms with Gasteiger partial charge in [0.05, 0.1) is 12.2 Å². The van der Waals surface area contributed by atoms with E-state index in [9.17, 15) is 9.59 Å². The molecule has 0 bridgehead atoms. The minimum absolute atomic E-state index is 0.0570. The number of benzene rings is 1. The summed E-state index contributed by atoms with van der Waals surface area (Å²) in [5.41, 5.74) is 3.40. The Morgan fingerprint density at radius 3 is 2.75 bits per heavy atom. The van der Waals surface area contributed by atoms with Gasteiger partial charge >= 0.3 is 0 Å². The molecule has 1 aliphatic heterocycles. The average Bonchev–Trinajstić information content (AvgIpc) is 3.05. The lowest BCUT2D eigenvalue weighted by molar-refractivity contribution is -0.143. The van der Waals surface area contributed by atoms with E-state index in [1.165, 1.54) is 11.1 Å². The fraction of sp³-hybridized carbons (Fsp3) is 0.476. The lowest BCUT2D eigenvalue weighted by atomic mass is 10.0. The summed E-state index contributed by atoms with van der Waals surface area (Å²) in [6.45, 7) is 7.92. The van der Waals surface area contributed by atoms with Crippen LogP contribution in [0.1, 0.15) is 23.6 Å². The van der Waals surface area contributed by atoms with Gasteiger partial charge in [-0.1, -0.05) is 29.8 Å². The number of carbonyl (C=O) groups excluding carboxylic acids is 2. The molecule has 1 aromatic carbocycles. The van der Waals surface area contributed by atoms with Gasteiger partial charge in [0.25, 0.3) is 0 Å². The van der Waals surface area contributed by atoms with E-state index < -0.39 is 0 Å². The van der Waals surface area contributed by atoms with E-state index in [-0.39, 0.29) is 30.4 Å². The molecule has 1 saturated heterocycles. The average molecular weight is 383 g/mol. The van der Waals surface area contributed by atoms with E-state index in [0.717, 1.165) is 5.56 Å². The van der Waals surface area contributed by atoms with Crippen LogP contribution in [0, 0.1) is 13.8 Å². The molecule has 3 rings (SSSR count). The molecular formula is C21H29N5O2. The highest BCUT2D eigenvalue weighted by Crippen LogP contribution is 2.19. The number of carbonyl (C=O) groups is 2. The van der Waals surface area contributed by atoms with Crippen molar-refractivity contribution in [2.45, 2.75) is 45.9 Å². The number of nitrogens with one attached hydrogen (secondary N) is 1. The standard InChI is InChI=1S/C21H29N5O2/c1-15-6-5-7-18(8-15)12-26-17(3)21(28)24(4)13-19(26)10-22-20(27)14-25-11-16(2)9-23-25/h5-9,11,17,19H,10,12-14H2,1-4H3,(H,22,27). The van der Waals surface area contributed by atoms with Crippen molar-refractivity contribution in [2.24, 2.45) is 0 Å². The number of piperazine rings is 1. The molecule has 1 aliphatic rings. The summed E-state index contributed by atoms with van der Waals surface area (Å²) in [7, 11) is 1.82. The fourth-order valence-corrected chi connectivity index (χ4v) is 3.75. The molecule has 2 aromatic rings. The van der Waals surface area contributed by atoms with E-state index >= 15 is 0 Å². The first kappa shape index (κ1) is 20.1. The third-order valence-corrected chi connectivity index (χ3v) is 5.24. The van der Waals surface area contributed by atoms with Crippen molar-refractivity contribution < 1.29 is 9.59 Å². The number of rotatable bonds is 6. The van der Waals surface area contributed by atoms with E-state index in [4.69, 9.17) is 0 Å². The molecular weight excluding hydrogens is 354 g/mol. The minimum atomic E-state index is -0.227. The van der Waals surface area contributed by atoms with Gasteiger partial charge in [0, 0.05) is 38.9 Å². The summed E-state index contributed by atoms with van der Waals surface area (Å²) in [6, 6.07) is 8.16. The zero-order valence-electron chi connectivity index (χ0n) is 17.1. The molecule has 1 fully saturated rings. The second-order valence-corrected chi connectivity index (χ2v) is 7.73. The maximum atomic E-state index is 12.5. The number of likely N-dealkylation sites (N-methyl/N-ethyl adjacent to an activating group) is 1. The van der Waals surface area contributed by atoms with Crippen molar-refractivity contribution in [2.75, 3.05) is 20.1 Å². The predicted molar refractivity (Wildman–Crippen MR) is 108 cm³/mol. The Kier molecular flexibility index (Phi) is 6.14. The molecule has 0 aliphatic carbocycles. The van der Waals surface area contributed by atoms with Crippen LogP contribution >= 0.6 is 0 Å². The molecule has 1 N–H and O–H groups in total. The zero-order chi connectivity index (χ0) is 20.3. The van der Waals surface area contributed by atoms with Gasteiger partial charge in [-0.25, -0.2) is 0 Å². The first-order valence-electron chi connectivity index (χ1n) is 9.65. The topological polar surface area (TPSA) is 70.5 Å².